The normalized spacial score (nSPS) is 23.5. The summed E-state index contributed by atoms with van der Waals surface area (Å²) in [6, 6.07) is 8.31. The van der Waals surface area contributed by atoms with Crippen LogP contribution in [0, 0.1) is 0 Å². The van der Waals surface area contributed by atoms with Crippen molar-refractivity contribution in [2.24, 2.45) is 0 Å². The van der Waals surface area contributed by atoms with E-state index in [1.54, 1.807) is 7.11 Å². The van der Waals surface area contributed by atoms with E-state index in [-0.39, 0.29) is 18.2 Å². The van der Waals surface area contributed by atoms with Crippen molar-refractivity contribution in [1.82, 2.24) is 10.2 Å². The number of benzene rings is 1. The van der Waals surface area contributed by atoms with Gasteiger partial charge in [-0.1, -0.05) is 18.2 Å². The van der Waals surface area contributed by atoms with E-state index in [0.29, 0.717) is 6.54 Å². The van der Waals surface area contributed by atoms with Crippen molar-refractivity contribution in [2.75, 3.05) is 13.7 Å². The van der Waals surface area contributed by atoms with Gasteiger partial charge in [0.15, 0.2) is 0 Å². The fourth-order valence-electron chi connectivity index (χ4n) is 3.45. The Hall–Kier alpha value is -2.01. The van der Waals surface area contributed by atoms with Crippen LogP contribution < -0.4 is 10.1 Å². The molecule has 1 saturated heterocycles. The lowest BCUT2D eigenvalue weighted by atomic mass is 9.92. The number of nitrogens with zero attached hydrogens (tertiary/aromatic N) is 1. The van der Waals surface area contributed by atoms with Gasteiger partial charge in [0.1, 0.15) is 11.4 Å². The summed E-state index contributed by atoms with van der Waals surface area (Å²) in [6.07, 6.45) is 5.11. The molecule has 1 aromatic carbocycles. The lowest BCUT2D eigenvalue weighted by Gasteiger charge is -2.43. The molecule has 0 bridgehead atoms. The van der Waals surface area contributed by atoms with Crippen LogP contribution in [0.4, 0.5) is 4.79 Å². The van der Waals surface area contributed by atoms with E-state index in [1.807, 2.05) is 37.8 Å². The molecular weight excluding hydrogens is 316 g/mol. The van der Waals surface area contributed by atoms with Gasteiger partial charge in [0.25, 0.3) is 0 Å². The number of amides is 1. The Morgan fingerprint density at radius 3 is 2.56 bits per heavy atom. The van der Waals surface area contributed by atoms with Crippen LogP contribution in [0.1, 0.15) is 51.6 Å². The molecule has 0 radical (unpaired) electrons. The maximum atomic E-state index is 12.8. The topological polar surface area (TPSA) is 50.8 Å². The number of rotatable bonds is 2. The van der Waals surface area contributed by atoms with E-state index in [4.69, 9.17) is 9.47 Å². The van der Waals surface area contributed by atoms with Gasteiger partial charge in [0.05, 0.1) is 13.2 Å². The number of hydrogen-bond donors (Lipinski definition) is 1. The van der Waals surface area contributed by atoms with Crippen molar-refractivity contribution in [3.05, 3.63) is 41.6 Å². The molecule has 1 aliphatic carbocycles. The largest absolute Gasteiger partial charge is 0.497 e. The summed E-state index contributed by atoms with van der Waals surface area (Å²) in [4.78, 5) is 14.6. The first-order valence-corrected chi connectivity index (χ1v) is 8.98. The third-order valence-corrected chi connectivity index (χ3v) is 4.62. The summed E-state index contributed by atoms with van der Waals surface area (Å²) in [5.41, 5.74) is 1.71. The van der Waals surface area contributed by atoms with Crippen LogP contribution >= 0.6 is 0 Å². The minimum atomic E-state index is -0.498. The van der Waals surface area contributed by atoms with Gasteiger partial charge in [-0.3, -0.25) is 4.90 Å². The van der Waals surface area contributed by atoms with Gasteiger partial charge in [-0.25, -0.2) is 4.79 Å². The predicted molar refractivity (Wildman–Crippen MR) is 97.5 cm³/mol. The number of nitrogens with one attached hydrogen (secondary N) is 1. The molecular formula is C20H28N2O3. The molecule has 1 N–H and O–H groups in total. The Morgan fingerprint density at radius 2 is 1.92 bits per heavy atom. The van der Waals surface area contributed by atoms with E-state index < -0.39 is 5.60 Å². The smallest absolute Gasteiger partial charge is 0.414 e. The molecule has 2 unspecified atom stereocenters. The van der Waals surface area contributed by atoms with Gasteiger partial charge in [-0.15, -0.1) is 0 Å². The molecule has 1 fully saturated rings. The first-order valence-electron chi connectivity index (χ1n) is 8.98. The molecule has 136 valence electrons. The second kappa shape index (κ2) is 7.08. The molecule has 2 aliphatic rings. The predicted octanol–water partition coefficient (Wildman–Crippen LogP) is 4.01. The van der Waals surface area contributed by atoms with Crippen LogP contribution in [-0.4, -0.2) is 36.3 Å². The molecule has 5 nitrogen and oxygen atoms in total. The number of piperazine rings is 1. The Labute approximate surface area is 150 Å². The summed E-state index contributed by atoms with van der Waals surface area (Å²) >= 11 is 0. The lowest BCUT2D eigenvalue weighted by molar-refractivity contribution is 0.0237. The molecule has 25 heavy (non-hydrogen) atoms. The molecule has 1 aliphatic heterocycles. The molecule has 0 spiro atoms. The zero-order valence-electron chi connectivity index (χ0n) is 15.5. The highest BCUT2D eigenvalue weighted by atomic mass is 16.6. The van der Waals surface area contributed by atoms with Crippen LogP contribution in [0.2, 0.25) is 0 Å². The summed E-state index contributed by atoms with van der Waals surface area (Å²) < 4.78 is 10.9. The second-order valence-corrected chi connectivity index (χ2v) is 7.70. The monoisotopic (exact) mass is 344 g/mol. The number of ether oxygens (including phenoxy) is 2. The molecule has 3 rings (SSSR count). The number of fused-ring (bicyclic) bond motifs is 1. The van der Waals surface area contributed by atoms with Crippen LogP contribution in [-0.2, 0) is 4.74 Å². The van der Waals surface area contributed by atoms with Gasteiger partial charge >= 0.3 is 6.09 Å². The zero-order chi connectivity index (χ0) is 18.0. The number of methoxy groups -OCH3 is 1. The minimum Gasteiger partial charge on any atom is -0.497 e. The molecule has 0 aromatic heterocycles. The highest BCUT2D eigenvalue weighted by molar-refractivity contribution is 5.71. The van der Waals surface area contributed by atoms with Crippen molar-refractivity contribution >= 4 is 6.09 Å². The summed E-state index contributed by atoms with van der Waals surface area (Å²) in [6.45, 7) is 6.28. The Bertz CT molecular complexity index is 646. The van der Waals surface area contributed by atoms with Crippen molar-refractivity contribution in [2.45, 2.75) is 57.7 Å². The van der Waals surface area contributed by atoms with Crippen LogP contribution in [0.25, 0.3) is 0 Å². The average Bonchev–Trinajstić information content (AvgIpc) is 2.59. The first-order chi connectivity index (χ1) is 11.9. The lowest BCUT2D eigenvalue weighted by Crippen LogP contribution is -2.53. The number of hydrogen-bond acceptors (Lipinski definition) is 4. The third-order valence-electron chi connectivity index (χ3n) is 4.62. The Balaban J connectivity index is 1.84. The molecule has 1 heterocycles. The molecule has 5 heteroatoms. The SMILES string of the molecule is COc1ccc(C2CN(C(=O)OC(C)(C)C)C3=CCCCC3N2)cc1. The summed E-state index contributed by atoms with van der Waals surface area (Å²) in [5, 5.41) is 3.70. The highest BCUT2D eigenvalue weighted by Gasteiger charge is 2.37. The Morgan fingerprint density at radius 1 is 1.20 bits per heavy atom. The highest BCUT2D eigenvalue weighted by Crippen LogP contribution is 2.32. The molecule has 0 saturated carbocycles. The standard InChI is InChI=1S/C20H28N2O3/c1-20(2,3)25-19(23)22-13-17(14-9-11-15(24-4)12-10-14)21-16-7-5-6-8-18(16)22/h8-12,16-17,21H,5-7,13H2,1-4H3. The Kier molecular flexibility index (Phi) is 5.04. The van der Waals surface area contributed by atoms with Gasteiger partial charge in [0, 0.05) is 18.3 Å². The van der Waals surface area contributed by atoms with Gasteiger partial charge in [-0.05, 0) is 57.7 Å². The zero-order valence-corrected chi connectivity index (χ0v) is 15.5. The second-order valence-electron chi connectivity index (χ2n) is 7.70. The number of carbonyl (C=O) groups excluding carboxylic acids is 1. The molecule has 1 aromatic rings. The van der Waals surface area contributed by atoms with Crippen LogP contribution in [0.5, 0.6) is 5.75 Å². The van der Waals surface area contributed by atoms with E-state index >= 15 is 0 Å². The summed E-state index contributed by atoms with van der Waals surface area (Å²) in [5.74, 6) is 0.835. The van der Waals surface area contributed by atoms with Crippen molar-refractivity contribution in [3.8, 4) is 5.75 Å². The van der Waals surface area contributed by atoms with E-state index in [9.17, 15) is 4.79 Å². The van der Waals surface area contributed by atoms with Gasteiger partial charge in [0.2, 0.25) is 0 Å². The first kappa shape index (κ1) is 17.8. The molecule has 2 atom stereocenters. The minimum absolute atomic E-state index is 0.0821. The van der Waals surface area contributed by atoms with E-state index in [2.05, 4.69) is 23.5 Å². The van der Waals surface area contributed by atoms with Gasteiger partial charge in [-0.2, -0.15) is 0 Å². The maximum absolute atomic E-state index is 12.8. The van der Waals surface area contributed by atoms with Crippen molar-refractivity contribution < 1.29 is 14.3 Å². The van der Waals surface area contributed by atoms with Crippen LogP contribution in [0.3, 0.4) is 0 Å². The van der Waals surface area contributed by atoms with Crippen molar-refractivity contribution in [3.63, 3.8) is 0 Å². The fourth-order valence-corrected chi connectivity index (χ4v) is 3.45. The quantitative estimate of drug-likeness (QED) is 0.880. The molecule has 1 amide bonds. The third kappa shape index (κ3) is 4.15. The van der Waals surface area contributed by atoms with Crippen molar-refractivity contribution in [1.29, 1.82) is 0 Å². The van der Waals surface area contributed by atoms with E-state index in [1.165, 1.54) is 0 Å². The fraction of sp³-hybridized carbons (Fsp3) is 0.550. The maximum Gasteiger partial charge on any atom is 0.414 e. The van der Waals surface area contributed by atoms with Gasteiger partial charge < -0.3 is 14.8 Å². The van der Waals surface area contributed by atoms with Crippen LogP contribution in [0.15, 0.2) is 36.0 Å². The van der Waals surface area contributed by atoms with E-state index in [0.717, 1.165) is 36.3 Å². The number of carbonyl (C=O) groups is 1. The summed E-state index contributed by atoms with van der Waals surface area (Å²) in [7, 11) is 1.66. The average molecular weight is 344 g/mol. The number of allylic oxidation sites excluding steroid dienone is 1.